The van der Waals surface area contributed by atoms with Crippen molar-refractivity contribution in [3.05, 3.63) is 140 Å². The molecule has 4 aromatic carbocycles. The maximum Gasteiger partial charge on any atom is 0.154 e. The first kappa shape index (κ1) is 34.7. The van der Waals surface area contributed by atoms with Crippen molar-refractivity contribution in [3.8, 4) is 22.5 Å². The number of aromatic nitrogens is 2. The number of benzene rings is 4. The van der Waals surface area contributed by atoms with Crippen LogP contribution in [0.25, 0.3) is 54.8 Å². The van der Waals surface area contributed by atoms with Gasteiger partial charge < -0.3 is 15.6 Å². The molecule has 48 heavy (non-hydrogen) atoms. The molecule has 244 valence electrons. The number of aliphatic hydroxyl groups is 1. The smallest absolute Gasteiger partial charge is 0.154 e. The summed E-state index contributed by atoms with van der Waals surface area (Å²) in [7, 11) is 0. The molecule has 1 aliphatic rings. The number of hydrogen-bond acceptors (Lipinski definition) is 6. The molecule has 0 bridgehead atoms. The summed E-state index contributed by atoms with van der Waals surface area (Å²) in [5.41, 5.74) is 18.8. The lowest BCUT2D eigenvalue weighted by molar-refractivity contribution is -0.0589. The molecule has 0 radical (unpaired) electrons. The molecule has 1 unspecified atom stereocenters. The average Bonchev–Trinajstić information content (AvgIpc) is 3.59. The lowest BCUT2D eigenvalue weighted by Gasteiger charge is -2.11. The molecule has 0 spiro atoms. The van der Waals surface area contributed by atoms with Gasteiger partial charge in [-0.3, -0.25) is 0 Å². The highest BCUT2D eigenvalue weighted by molar-refractivity contribution is 6.35. The Morgan fingerprint density at radius 2 is 1.33 bits per heavy atom. The molecule has 7 rings (SSSR count). The van der Waals surface area contributed by atoms with Crippen molar-refractivity contribution in [1.29, 1.82) is 0 Å². The van der Waals surface area contributed by atoms with Crippen LogP contribution in [0, 0.1) is 11.6 Å². The molecule has 6 aromatic rings. The standard InChI is InChI=1S/C16H10ClFN4.C16H12ClFN2.C4H8O2/c17-13-6-3-4-10-8-11(9-20-22-19)15(21-16(10)13)12-5-1-2-7-14(12)18;17-13-6-3-4-10-8-11(9-19)15(20-16(10)13)12-5-1-2-7-14(12)18;5-4-2-1-3-6-4/h1-8H,9H2;1-8H,9,19H2;4-5H,1-3H2. The molecule has 3 N–H and O–H groups in total. The first-order chi connectivity index (χ1) is 23.3. The lowest BCUT2D eigenvalue weighted by atomic mass is 10.0. The monoisotopic (exact) mass is 686 g/mol. The summed E-state index contributed by atoms with van der Waals surface area (Å²) in [5, 5.41) is 14.8. The van der Waals surface area contributed by atoms with Crippen LogP contribution in [-0.4, -0.2) is 28.0 Å². The van der Waals surface area contributed by atoms with Gasteiger partial charge in [0.05, 0.1) is 39.0 Å². The summed E-state index contributed by atoms with van der Waals surface area (Å²) in [5.74, 6) is -0.704. The number of fused-ring (bicyclic) bond motifs is 2. The van der Waals surface area contributed by atoms with Gasteiger partial charge in [-0.25, -0.2) is 18.7 Å². The lowest BCUT2D eigenvalue weighted by Crippen LogP contribution is -2.02. The normalized spacial score (nSPS) is 13.7. The Balaban J connectivity index is 0.000000160. The SMILES string of the molecule is NCc1cc2cccc(Cl)c2nc1-c1ccccc1F.OC1CCCO1.[N-]=[N+]=NCc1cc2cccc(Cl)c2nc1-c1ccccc1F. The number of nitrogens with two attached hydrogens (primary N) is 1. The van der Waals surface area contributed by atoms with Crippen LogP contribution >= 0.6 is 23.2 Å². The number of nitrogens with zero attached hydrogens (tertiary/aromatic N) is 5. The zero-order valence-corrected chi connectivity index (χ0v) is 27.0. The minimum Gasteiger partial charge on any atom is -0.368 e. The van der Waals surface area contributed by atoms with Crippen molar-refractivity contribution in [3.63, 3.8) is 0 Å². The van der Waals surface area contributed by atoms with E-state index in [0.717, 1.165) is 35.8 Å². The molecule has 1 aliphatic heterocycles. The molecule has 1 saturated heterocycles. The van der Waals surface area contributed by atoms with Gasteiger partial charge in [-0.2, -0.15) is 0 Å². The minimum atomic E-state index is -0.454. The summed E-state index contributed by atoms with van der Waals surface area (Å²) in [6, 6.07) is 27.6. The largest absolute Gasteiger partial charge is 0.368 e. The molecule has 3 heterocycles. The average molecular weight is 688 g/mol. The minimum absolute atomic E-state index is 0.0929. The van der Waals surface area contributed by atoms with Crippen LogP contribution in [0.4, 0.5) is 8.78 Å². The van der Waals surface area contributed by atoms with E-state index in [1.807, 2.05) is 36.4 Å². The topological polar surface area (TPSA) is 130 Å². The van der Waals surface area contributed by atoms with E-state index in [-0.39, 0.29) is 18.2 Å². The van der Waals surface area contributed by atoms with Gasteiger partial charge in [-0.1, -0.05) is 76.8 Å². The Bertz CT molecular complexity index is 2100. The Morgan fingerprint density at radius 1 is 0.812 bits per heavy atom. The second-order valence-corrected chi connectivity index (χ2v) is 11.5. The number of aliphatic hydroxyl groups excluding tert-OH is 1. The number of rotatable bonds is 5. The Hall–Kier alpha value is -4.67. The van der Waals surface area contributed by atoms with E-state index >= 15 is 0 Å². The highest BCUT2D eigenvalue weighted by Gasteiger charge is 2.15. The molecule has 2 aromatic heterocycles. The zero-order chi connectivity index (χ0) is 34.0. The maximum absolute atomic E-state index is 14.1. The van der Waals surface area contributed by atoms with Crippen LogP contribution in [0.3, 0.4) is 0 Å². The fourth-order valence-corrected chi connectivity index (χ4v) is 5.58. The number of para-hydroxylation sites is 2. The molecule has 0 aliphatic carbocycles. The predicted molar refractivity (Wildman–Crippen MR) is 186 cm³/mol. The third-order valence-electron chi connectivity index (χ3n) is 7.44. The van der Waals surface area contributed by atoms with Gasteiger partial charge in [0.1, 0.15) is 11.6 Å². The van der Waals surface area contributed by atoms with Gasteiger partial charge in [0.2, 0.25) is 0 Å². The van der Waals surface area contributed by atoms with Gasteiger partial charge in [0, 0.05) is 46.4 Å². The third-order valence-corrected chi connectivity index (χ3v) is 8.05. The third kappa shape index (κ3) is 8.24. The number of ether oxygens (including phenoxy) is 1. The van der Waals surface area contributed by atoms with E-state index in [4.69, 9.17) is 44.3 Å². The summed E-state index contributed by atoms with van der Waals surface area (Å²) < 4.78 is 32.8. The van der Waals surface area contributed by atoms with E-state index in [0.29, 0.717) is 55.7 Å². The van der Waals surface area contributed by atoms with Gasteiger partial charge in [-0.15, -0.1) is 0 Å². The van der Waals surface area contributed by atoms with E-state index < -0.39 is 6.29 Å². The van der Waals surface area contributed by atoms with Gasteiger partial charge in [-0.05, 0) is 71.6 Å². The van der Waals surface area contributed by atoms with Crippen molar-refractivity contribution in [1.82, 2.24) is 9.97 Å². The highest BCUT2D eigenvalue weighted by atomic mass is 35.5. The Kier molecular flexibility index (Phi) is 11.9. The molecular formula is C36H30Cl2F2N6O2. The van der Waals surface area contributed by atoms with Gasteiger partial charge in [0.15, 0.2) is 6.29 Å². The van der Waals surface area contributed by atoms with Crippen LogP contribution < -0.4 is 5.73 Å². The fraction of sp³-hybridized carbons (Fsp3) is 0.167. The molecule has 0 amide bonds. The Labute approximate surface area is 285 Å². The van der Waals surface area contributed by atoms with Gasteiger partial charge >= 0.3 is 0 Å². The van der Waals surface area contributed by atoms with Crippen LogP contribution in [0.1, 0.15) is 24.0 Å². The van der Waals surface area contributed by atoms with Crippen molar-refractivity contribution < 1.29 is 18.6 Å². The van der Waals surface area contributed by atoms with Crippen LogP contribution in [0.5, 0.6) is 0 Å². The number of pyridine rings is 2. The predicted octanol–water partition coefficient (Wildman–Crippen LogP) is 9.77. The summed E-state index contributed by atoms with van der Waals surface area (Å²) in [6.07, 6.45) is 1.38. The first-order valence-electron chi connectivity index (χ1n) is 15.0. The second-order valence-electron chi connectivity index (χ2n) is 10.6. The van der Waals surface area contributed by atoms with Crippen LogP contribution in [0.2, 0.25) is 10.0 Å². The van der Waals surface area contributed by atoms with Crippen molar-refractivity contribution in [2.75, 3.05) is 6.61 Å². The fourth-order valence-electron chi connectivity index (χ4n) is 5.13. The van der Waals surface area contributed by atoms with E-state index in [2.05, 4.69) is 20.0 Å². The van der Waals surface area contributed by atoms with Crippen molar-refractivity contribution >= 4 is 45.0 Å². The van der Waals surface area contributed by atoms with Gasteiger partial charge in [0.25, 0.3) is 0 Å². The molecule has 8 nitrogen and oxygen atoms in total. The van der Waals surface area contributed by atoms with Crippen molar-refractivity contribution in [2.45, 2.75) is 32.2 Å². The van der Waals surface area contributed by atoms with E-state index in [9.17, 15) is 8.78 Å². The molecular weight excluding hydrogens is 657 g/mol. The Morgan fingerprint density at radius 3 is 1.77 bits per heavy atom. The quantitative estimate of drug-likeness (QED) is 0.106. The van der Waals surface area contributed by atoms with Crippen LogP contribution in [0.15, 0.2) is 102 Å². The zero-order valence-electron chi connectivity index (χ0n) is 25.5. The number of halogens is 4. The summed E-state index contributed by atoms with van der Waals surface area (Å²) in [6.45, 7) is 1.12. The summed E-state index contributed by atoms with van der Waals surface area (Å²) in [4.78, 5) is 11.8. The number of azide groups is 1. The van der Waals surface area contributed by atoms with Crippen molar-refractivity contribution in [2.24, 2.45) is 10.8 Å². The maximum atomic E-state index is 14.1. The molecule has 0 saturated carbocycles. The number of hydrogen-bond donors (Lipinski definition) is 2. The van der Waals surface area contributed by atoms with E-state index in [1.54, 1.807) is 48.5 Å². The van der Waals surface area contributed by atoms with Crippen LogP contribution in [-0.2, 0) is 17.8 Å². The molecule has 12 heteroatoms. The second kappa shape index (κ2) is 16.4. The summed E-state index contributed by atoms with van der Waals surface area (Å²) >= 11 is 12.3. The molecule has 1 atom stereocenters. The molecule has 1 fully saturated rings. The first-order valence-corrected chi connectivity index (χ1v) is 15.7. The highest BCUT2D eigenvalue weighted by Crippen LogP contribution is 2.32. The van der Waals surface area contributed by atoms with E-state index in [1.165, 1.54) is 12.1 Å².